The summed E-state index contributed by atoms with van der Waals surface area (Å²) in [5, 5.41) is 3.54. The van der Waals surface area contributed by atoms with Crippen molar-refractivity contribution in [3.05, 3.63) is 52.6 Å². The Labute approximate surface area is 151 Å². The number of carbonyl (C=O) groups is 1. The molecule has 0 fully saturated rings. The van der Waals surface area contributed by atoms with Gasteiger partial charge >= 0.3 is 0 Å². The lowest BCUT2D eigenvalue weighted by Gasteiger charge is -2.10. The molecular weight excluding hydrogens is 332 g/mol. The lowest BCUT2D eigenvalue weighted by molar-refractivity contribution is 0.102. The molecule has 4 nitrogen and oxygen atoms in total. The molecule has 0 aliphatic carbocycles. The summed E-state index contributed by atoms with van der Waals surface area (Å²) in [6.45, 7) is 8.73. The van der Waals surface area contributed by atoms with Gasteiger partial charge in [-0.1, -0.05) is 36.0 Å². The molecule has 2 aromatic carbocycles. The minimum atomic E-state index is -0.114. The minimum absolute atomic E-state index is 0.114. The second kappa shape index (κ2) is 7.23. The Hall–Kier alpha value is -2.40. The number of carbonyl (C=O) groups excluding carboxylic acids is 1. The third-order valence-electron chi connectivity index (χ3n) is 3.96. The van der Waals surface area contributed by atoms with E-state index in [4.69, 9.17) is 4.74 Å². The van der Waals surface area contributed by atoms with Crippen LogP contribution in [0.3, 0.4) is 0 Å². The molecule has 0 aliphatic heterocycles. The van der Waals surface area contributed by atoms with Crippen LogP contribution in [0, 0.1) is 20.8 Å². The van der Waals surface area contributed by atoms with Crippen LogP contribution >= 0.6 is 11.3 Å². The standard InChI is InChI=1S/C20H22N2O2S/c1-5-8-24-15-6-7-16-17(11-15)25-20(21-16)22-19(23)18-13(3)9-12(2)10-14(18)4/h6-7,9-11H,5,8H2,1-4H3,(H,21,22,23). The monoisotopic (exact) mass is 354 g/mol. The van der Waals surface area contributed by atoms with Crippen molar-refractivity contribution in [2.45, 2.75) is 34.1 Å². The molecule has 0 atom stereocenters. The maximum absolute atomic E-state index is 12.7. The zero-order valence-corrected chi connectivity index (χ0v) is 15.8. The predicted octanol–water partition coefficient (Wildman–Crippen LogP) is 5.26. The highest BCUT2D eigenvalue weighted by molar-refractivity contribution is 7.22. The van der Waals surface area contributed by atoms with Crippen molar-refractivity contribution in [3.8, 4) is 5.75 Å². The second-order valence-corrected chi connectivity index (χ2v) is 7.26. The van der Waals surface area contributed by atoms with Crippen molar-refractivity contribution < 1.29 is 9.53 Å². The quantitative estimate of drug-likeness (QED) is 0.680. The number of aromatic nitrogens is 1. The zero-order chi connectivity index (χ0) is 18.0. The molecule has 3 aromatic rings. The highest BCUT2D eigenvalue weighted by Crippen LogP contribution is 2.30. The molecule has 0 spiro atoms. The Balaban J connectivity index is 1.84. The van der Waals surface area contributed by atoms with Crippen LogP contribution in [0.2, 0.25) is 0 Å². The van der Waals surface area contributed by atoms with E-state index in [0.29, 0.717) is 11.7 Å². The first-order valence-electron chi connectivity index (χ1n) is 8.40. The molecule has 0 radical (unpaired) electrons. The van der Waals surface area contributed by atoms with Crippen molar-refractivity contribution in [1.29, 1.82) is 0 Å². The van der Waals surface area contributed by atoms with E-state index in [0.717, 1.165) is 44.6 Å². The molecule has 0 saturated heterocycles. The molecular formula is C20H22N2O2S. The van der Waals surface area contributed by atoms with Crippen LogP contribution in [-0.4, -0.2) is 17.5 Å². The first kappa shape index (κ1) is 17.4. The fourth-order valence-corrected chi connectivity index (χ4v) is 3.86. The number of aryl methyl sites for hydroxylation is 3. The number of nitrogens with zero attached hydrogens (tertiary/aromatic N) is 1. The first-order valence-corrected chi connectivity index (χ1v) is 9.22. The number of hydrogen-bond donors (Lipinski definition) is 1. The predicted molar refractivity (Wildman–Crippen MR) is 104 cm³/mol. The van der Waals surface area contributed by atoms with E-state index in [9.17, 15) is 4.79 Å². The summed E-state index contributed by atoms with van der Waals surface area (Å²) in [7, 11) is 0. The van der Waals surface area contributed by atoms with E-state index in [2.05, 4.69) is 17.2 Å². The molecule has 1 amide bonds. The molecule has 0 saturated carbocycles. The summed E-state index contributed by atoms with van der Waals surface area (Å²) >= 11 is 1.46. The van der Waals surface area contributed by atoms with Gasteiger partial charge in [0.15, 0.2) is 5.13 Å². The Morgan fingerprint density at radius 1 is 1.16 bits per heavy atom. The summed E-state index contributed by atoms with van der Waals surface area (Å²) in [6.07, 6.45) is 0.970. The molecule has 3 rings (SSSR count). The average Bonchev–Trinajstić information content (AvgIpc) is 2.93. The second-order valence-electron chi connectivity index (χ2n) is 6.22. The lowest BCUT2D eigenvalue weighted by atomic mass is 9.99. The van der Waals surface area contributed by atoms with Gasteiger partial charge in [-0.3, -0.25) is 10.1 Å². The largest absolute Gasteiger partial charge is 0.494 e. The molecule has 130 valence electrons. The van der Waals surface area contributed by atoms with Crippen LogP contribution in [0.1, 0.15) is 40.4 Å². The van der Waals surface area contributed by atoms with E-state index in [1.54, 1.807) is 0 Å². The van der Waals surface area contributed by atoms with Gasteiger partial charge in [0.2, 0.25) is 0 Å². The van der Waals surface area contributed by atoms with Gasteiger partial charge in [-0.25, -0.2) is 4.98 Å². The maximum Gasteiger partial charge on any atom is 0.257 e. The fourth-order valence-electron chi connectivity index (χ4n) is 2.97. The smallest absolute Gasteiger partial charge is 0.257 e. The molecule has 1 N–H and O–H groups in total. The number of ether oxygens (including phenoxy) is 1. The third kappa shape index (κ3) is 3.82. The van der Waals surface area contributed by atoms with Crippen LogP contribution < -0.4 is 10.1 Å². The Bertz CT molecular complexity index is 908. The molecule has 1 aromatic heterocycles. The van der Waals surface area contributed by atoms with E-state index in [1.807, 2.05) is 51.1 Å². The maximum atomic E-state index is 12.7. The number of hydrogen-bond acceptors (Lipinski definition) is 4. The molecule has 5 heteroatoms. The van der Waals surface area contributed by atoms with Crippen molar-refractivity contribution in [2.75, 3.05) is 11.9 Å². The Morgan fingerprint density at radius 3 is 2.56 bits per heavy atom. The van der Waals surface area contributed by atoms with Gasteiger partial charge in [-0.05, 0) is 56.5 Å². The Kier molecular flexibility index (Phi) is 5.04. The third-order valence-corrected chi connectivity index (χ3v) is 4.89. The van der Waals surface area contributed by atoms with Gasteiger partial charge in [0.05, 0.1) is 16.8 Å². The van der Waals surface area contributed by atoms with Gasteiger partial charge < -0.3 is 4.74 Å². The number of anilines is 1. The van der Waals surface area contributed by atoms with Crippen LogP contribution in [0.5, 0.6) is 5.75 Å². The van der Waals surface area contributed by atoms with Gasteiger partial charge in [0, 0.05) is 5.56 Å². The average molecular weight is 354 g/mol. The van der Waals surface area contributed by atoms with Gasteiger partial charge in [0.1, 0.15) is 5.75 Å². The fraction of sp³-hybridized carbons (Fsp3) is 0.300. The van der Waals surface area contributed by atoms with E-state index in [-0.39, 0.29) is 5.91 Å². The number of thiazole rings is 1. The van der Waals surface area contributed by atoms with E-state index >= 15 is 0 Å². The number of benzene rings is 2. The van der Waals surface area contributed by atoms with Crippen LogP contribution in [0.4, 0.5) is 5.13 Å². The molecule has 0 unspecified atom stereocenters. The highest BCUT2D eigenvalue weighted by Gasteiger charge is 2.15. The van der Waals surface area contributed by atoms with Crippen molar-refractivity contribution in [2.24, 2.45) is 0 Å². The summed E-state index contributed by atoms with van der Waals surface area (Å²) in [4.78, 5) is 17.2. The molecule has 25 heavy (non-hydrogen) atoms. The number of fused-ring (bicyclic) bond motifs is 1. The molecule has 0 bridgehead atoms. The van der Waals surface area contributed by atoms with Gasteiger partial charge in [-0.15, -0.1) is 0 Å². The van der Waals surface area contributed by atoms with Crippen molar-refractivity contribution in [1.82, 2.24) is 4.98 Å². The topological polar surface area (TPSA) is 51.2 Å². The lowest BCUT2D eigenvalue weighted by Crippen LogP contribution is -2.15. The summed E-state index contributed by atoms with van der Waals surface area (Å²) in [5.41, 5.74) is 4.70. The van der Waals surface area contributed by atoms with Crippen LogP contribution in [0.25, 0.3) is 10.2 Å². The first-order chi connectivity index (χ1) is 12.0. The normalized spacial score (nSPS) is 10.9. The van der Waals surface area contributed by atoms with E-state index in [1.165, 1.54) is 11.3 Å². The van der Waals surface area contributed by atoms with Gasteiger partial charge in [0.25, 0.3) is 5.91 Å². The van der Waals surface area contributed by atoms with Crippen LogP contribution in [-0.2, 0) is 0 Å². The highest BCUT2D eigenvalue weighted by atomic mass is 32.1. The van der Waals surface area contributed by atoms with Gasteiger partial charge in [-0.2, -0.15) is 0 Å². The van der Waals surface area contributed by atoms with E-state index < -0.39 is 0 Å². The van der Waals surface area contributed by atoms with Crippen molar-refractivity contribution >= 4 is 32.6 Å². The van der Waals surface area contributed by atoms with Crippen LogP contribution in [0.15, 0.2) is 30.3 Å². The SMILES string of the molecule is CCCOc1ccc2nc(NC(=O)c3c(C)cc(C)cc3C)sc2c1. The minimum Gasteiger partial charge on any atom is -0.494 e. The summed E-state index contributed by atoms with van der Waals surface area (Å²) < 4.78 is 6.66. The number of nitrogens with one attached hydrogen (secondary N) is 1. The number of rotatable bonds is 5. The summed E-state index contributed by atoms with van der Waals surface area (Å²) in [6, 6.07) is 9.86. The Morgan fingerprint density at radius 2 is 1.88 bits per heavy atom. The zero-order valence-electron chi connectivity index (χ0n) is 15.0. The van der Waals surface area contributed by atoms with Crippen molar-refractivity contribution in [3.63, 3.8) is 0 Å². The molecule has 0 aliphatic rings. The number of amides is 1. The molecule has 1 heterocycles. The summed E-state index contributed by atoms with van der Waals surface area (Å²) in [5.74, 6) is 0.720.